The molecule has 7 heteroatoms. The van der Waals surface area contributed by atoms with Crippen LogP contribution in [0.1, 0.15) is 5.56 Å². The van der Waals surface area contributed by atoms with Crippen molar-refractivity contribution in [1.29, 1.82) is 0 Å². The van der Waals surface area contributed by atoms with Crippen molar-refractivity contribution in [3.05, 3.63) is 35.9 Å². The summed E-state index contributed by atoms with van der Waals surface area (Å²) < 4.78 is 47.4. The van der Waals surface area contributed by atoms with Crippen molar-refractivity contribution < 1.29 is 22.6 Å². The van der Waals surface area contributed by atoms with Gasteiger partial charge in [0.2, 0.25) is 5.88 Å². The summed E-state index contributed by atoms with van der Waals surface area (Å²) in [5.74, 6) is 0.270. The SMILES string of the molecule is COc1cc(-c2ccc(C(F)(F)F)cc2)nc(OC)n1. The average Bonchev–Trinajstić information content (AvgIpc) is 2.46. The predicted octanol–water partition coefficient (Wildman–Crippen LogP) is 3.18. The van der Waals surface area contributed by atoms with Crippen LogP contribution in [0, 0.1) is 0 Å². The molecule has 0 saturated heterocycles. The Kier molecular flexibility index (Phi) is 3.78. The Bertz CT molecular complexity index is 575. The first-order valence-electron chi connectivity index (χ1n) is 5.58. The molecular formula is C13H11F3N2O2. The van der Waals surface area contributed by atoms with Gasteiger partial charge in [-0.05, 0) is 12.1 Å². The second-order valence-corrected chi connectivity index (χ2v) is 3.86. The van der Waals surface area contributed by atoms with E-state index in [0.717, 1.165) is 12.1 Å². The van der Waals surface area contributed by atoms with Crippen LogP contribution in [0.2, 0.25) is 0 Å². The molecule has 106 valence electrons. The van der Waals surface area contributed by atoms with E-state index in [-0.39, 0.29) is 11.9 Å². The molecule has 0 unspecified atom stereocenters. The summed E-state index contributed by atoms with van der Waals surface area (Å²) in [6.07, 6.45) is -4.36. The van der Waals surface area contributed by atoms with Gasteiger partial charge in [0.25, 0.3) is 0 Å². The molecule has 1 aromatic heterocycles. The maximum atomic E-state index is 12.5. The quantitative estimate of drug-likeness (QED) is 0.868. The topological polar surface area (TPSA) is 44.2 Å². The van der Waals surface area contributed by atoms with Crippen molar-refractivity contribution in [3.8, 4) is 23.1 Å². The van der Waals surface area contributed by atoms with E-state index in [0.29, 0.717) is 11.3 Å². The van der Waals surface area contributed by atoms with Crippen LogP contribution in [-0.4, -0.2) is 24.2 Å². The van der Waals surface area contributed by atoms with E-state index in [1.807, 2.05) is 0 Å². The molecule has 0 fully saturated rings. The van der Waals surface area contributed by atoms with Gasteiger partial charge in [0.05, 0.1) is 25.5 Å². The molecule has 0 atom stereocenters. The maximum absolute atomic E-state index is 12.5. The number of methoxy groups -OCH3 is 2. The van der Waals surface area contributed by atoms with Gasteiger partial charge in [-0.15, -0.1) is 0 Å². The molecule has 0 amide bonds. The summed E-state index contributed by atoms with van der Waals surface area (Å²) in [5.41, 5.74) is 0.216. The van der Waals surface area contributed by atoms with Gasteiger partial charge >= 0.3 is 12.2 Å². The number of hydrogen-bond acceptors (Lipinski definition) is 4. The van der Waals surface area contributed by atoms with Gasteiger partial charge in [-0.2, -0.15) is 23.1 Å². The van der Waals surface area contributed by atoms with Gasteiger partial charge < -0.3 is 9.47 Å². The summed E-state index contributed by atoms with van der Waals surface area (Å²) in [5, 5.41) is 0. The number of benzene rings is 1. The van der Waals surface area contributed by atoms with E-state index < -0.39 is 11.7 Å². The van der Waals surface area contributed by atoms with Crippen LogP contribution >= 0.6 is 0 Å². The highest BCUT2D eigenvalue weighted by atomic mass is 19.4. The largest absolute Gasteiger partial charge is 0.481 e. The number of ether oxygens (including phenoxy) is 2. The lowest BCUT2D eigenvalue weighted by atomic mass is 10.1. The Morgan fingerprint density at radius 1 is 0.950 bits per heavy atom. The first-order valence-corrected chi connectivity index (χ1v) is 5.58. The van der Waals surface area contributed by atoms with Gasteiger partial charge in [-0.25, -0.2) is 0 Å². The molecule has 2 aromatic rings. The van der Waals surface area contributed by atoms with Crippen molar-refractivity contribution >= 4 is 0 Å². The van der Waals surface area contributed by atoms with E-state index in [1.54, 1.807) is 0 Å². The zero-order valence-electron chi connectivity index (χ0n) is 10.7. The molecule has 1 aromatic carbocycles. The molecule has 0 radical (unpaired) electrons. The minimum atomic E-state index is -4.36. The molecule has 20 heavy (non-hydrogen) atoms. The predicted molar refractivity (Wildman–Crippen MR) is 65.6 cm³/mol. The van der Waals surface area contributed by atoms with Gasteiger partial charge in [-0.3, -0.25) is 0 Å². The summed E-state index contributed by atoms with van der Waals surface area (Å²) in [4.78, 5) is 7.98. The first kappa shape index (κ1) is 14.1. The fourth-order valence-electron chi connectivity index (χ4n) is 1.58. The van der Waals surface area contributed by atoms with Crippen LogP contribution < -0.4 is 9.47 Å². The van der Waals surface area contributed by atoms with E-state index in [2.05, 4.69) is 9.97 Å². The van der Waals surface area contributed by atoms with Gasteiger partial charge in [0, 0.05) is 11.6 Å². The molecule has 0 aliphatic rings. The first-order chi connectivity index (χ1) is 9.44. The second-order valence-electron chi connectivity index (χ2n) is 3.86. The molecule has 0 aliphatic carbocycles. The van der Waals surface area contributed by atoms with Crippen LogP contribution in [-0.2, 0) is 6.18 Å². The van der Waals surface area contributed by atoms with Gasteiger partial charge in [0.15, 0.2) is 0 Å². The number of aromatic nitrogens is 2. The minimum absolute atomic E-state index is 0.0826. The van der Waals surface area contributed by atoms with Crippen LogP contribution in [0.5, 0.6) is 11.9 Å². The van der Waals surface area contributed by atoms with Crippen molar-refractivity contribution in [2.45, 2.75) is 6.18 Å². The molecule has 2 rings (SSSR count). The minimum Gasteiger partial charge on any atom is -0.481 e. The molecule has 0 bridgehead atoms. The second kappa shape index (κ2) is 5.36. The Hall–Kier alpha value is -2.31. The van der Waals surface area contributed by atoms with Crippen LogP contribution in [0.25, 0.3) is 11.3 Å². The summed E-state index contributed by atoms with van der Waals surface area (Å²) in [7, 11) is 2.82. The number of nitrogens with zero attached hydrogens (tertiary/aromatic N) is 2. The highest BCUT2D eigenvalue weighted by Gasteiger charge is 2.30. The fraction of sp³-hybridized carbons (Fsp3) is 0.231. The molecule has 0 N–H and O–H groups in total. The molecular weight excluding hydrogens is 273 g/mol. The monoisotopic (exact) mass is 284 g/mol. The average molecular weight is 284 g/mol. The molecule has 0 spiro atoms. The van der Waals surface area contributed by atoms with Crippen molar-refractivity contribution in [3.63, 3.8) is 0 Å². The Labute approximate surface area is 113 Å². The van der Waals surface area contributed by atoms with Crippen LogP contribution in [0.4, 0.5) is 13.2 Å². The van der Waals surface area contributed by atoms with E-state index in [1.165, 1.54) is 32.4 Å². The highest BCUT2D eigenvalue weighted by molar-refractivity contribution is 5.61. The zero-order chi connectivity index (χ0) is 14.8. The lowest BCUT2D eigenvalue weighted by molar-refractivity contribution is -0.137. The lowest BCUT2D eigenvalue weighted by Gasteiger charge is -2.09. The summed E-state index contributed by atoms with van der Waals surface area (Å²) in [6.45, 7) is 0. The van der Waals surface area contributed by atoms with E-state index in [4.69, 9.17) is 9.47 Å². The van der Waals surface area contributed by atoms with Crippen LogP contribution in [0.3, 0.4) is 0 Å². The highest BCUT2D eigenvalue weighted by Crippen LogP contribution is 2.31. The van der Waals surface area contributed by atoms with Crippen molar-refractivity contribution in [2.24, 2.45) is 0 Å². The third kappa shape index (κ3) is 2.98. The standard InChI is InChI=1S/C13H11F3N2O2/c1-19-11-7-10(17-12(18-11)20-2)8-3-5-9(6-4-8)13(14,15)16/h3-7H,1-2H3. The van der Waals surface area contributed by atoms with Gasteiger partial charge in [-0.1, -0.05) is 12.1 Å². The Morgan fingerprint density at radius 2 is 1.60 bits per heavy atom. The molecule has 0 saturated carbocycles. The number of rotatable bonds is 3. The van der Waals surface area contributed by atoms with Crippen molar-refractivity contribution in [1.82, 2.24) is 9.97 Å². The normalized spacial score (nSPS) is 11.2. The lowest BCUT2D eigenvalue weighted by Crippen LogP contribution is -2.04. The molecule has 4 nitrogen and oxygen atoms in total. The smallest absolute Gasteiger partial charge is 0.416 e. The Balaban J connectivity index is 2.41. The zero-order valence-corrected chi connectivity index (χ0v) is 10.7. The molecule has 0 aliphatic heterocycles. The van der Waals surface area contributed by atoms with E-state index in [9.17, 15) is 13.2 Å². The van der Waals surface area contributed by atoms with Gasteiger partial charge in [0.1, 0.15) is 0 Å². The third-order valence-corrected chi connectivity index (χ3v) is 2.58. The number of hydrogen-bond donors (Lipinski definition) is 0. The maximum Gasteiger partial charge on any atom is 0.416 e. The van der Waals surface area contributed by atoms with Crippen LogP contribution in [0.15, 0.2) is 30.3 Å². The number of alkyl halides is 3. The van der Waals surface area contributed by atoms with Crippen molar-refractivity contribution in [2.75, 3.05) is 14.2 Å². The fourth-order valence-corrected chi connectivity index (χ4v) is 1.58. The third-order valence-electron chi connectivity index (χ3n) is 2.58. The van der Waals surface area contributed by atoms with E-state index >= 15 is 0 Å². The summed E-state index contributed by atoms with van der Waals surface area (Å²) >= 11 is 0. The molecule has 1 heterocycles. The Morgan fingerprint density at radius 3 is 2.10 bits per heavy atom. The number of halogens is 3. The summed E-state index contributed by atoms with van der Waals surface area (Å²) in [6, 6.07) is 6.27.